The van der Waals surface area contributed by atoms with E-state index in [2.05, 4.69) is 5.32 Å². The average Bonchev–Trinajstić information content (AvgIpc) is 3.53. The van der Waals surface area contributed by atoms with Crippen LogP contribution in [0.15, 0.2) is 54.6 Å². The Morgan fingerprint density at radius 3 is 2.68 bits per heavy atom. The number of carbonyl (C=O) groups is 1. The molecule has 0 radical (unpaired) electrons. The van der Waals surface area contributed by atoms with E-state index in [0.29, 0.717) is 35.7 Å². The lowest BCUT2D eigenvalue weighted by atomic mass is 10.2. The Kier molecular flexibility index (Phi) is 6.47. The zero-order valence-corrected chi connectivity index (χ0v) is 18.6. The van der Waals surface area contributed by atoms with Crippen molar-refractivity contribution >= 4 is 17.6 Å². The first-order valence-electron chi connectivity index (χ1n) is 10.6. The van der Waals surface area contributed by atoms with Crippen molar-refractivity contribution in [3.05, 3.63) is 70.9 Å². The Morgan fingerprint density at radius 2 is 2.00 bits per heavy atom. The van der Waals surface area contributed by atoms with Crippen LogP contribution in [-0.4, -0.2) is 33.8 Å². The predicted octanol–water partition coefficient (Wildman–Crippen LogP) is 5.57. The number of para-hydroxylation sites is 1. The SMILES string of the molecule is CCNC(=O)N(Cc1c(C)nn(-c2cccc(Cl)c2)c1Oc1ccccc1)CC1CC1. The third kappa shape index (κ3) is 5.20. The summed E-state index contributed by atoms with van der Waals surface area (Å²) in [6.45, 7) is 5.63. The first kappa shape index (κ1) is 21.2. The molecule has 0 atom stereocenters. The standard InChI is InChI=1S/C24H27ClN4O2/c1-3-26-24(30)28(15-18-12-13-18)16-22-17(2)27-29(20-9-7-8-19(25)14-20)23(22)31-21-10-5-4-6-11-21/h4-11,14,18H,3,12-13,15-16H2,1-2H3,(H,26,30). The normalized spacial score (nSPS) is 13.1. The highest BCUT2D eigenvalue weighted by atomic mass is 35.5. The van der Waals surface area contributed by atoms with Crippen molar-refractivity contribution in [1.82, 2.24) is 20.0 Å². The van der Waals surface area contributed by atoms with Crippen LogP contribution in [0.4, 0.5) is 4.79 Å². The minimum atomic E-state index is -0.0602. The average molecular weight is 439 g/mol. The van der Waals surface area contributed by atoms with Crippen LogP contribution >= 0.6 is 11.6 Å². The quantitative estimate of drug-likeness (QED) is 0.500. The molecule has 6 nitrogen and oxygen atoms in total. The number of nitrogens with zero attached hydrogens (tertiary/aromatic N) is 3. The molecule has 162 valence electrons. The highest BCUT2D eigenvalue weighted by Crippen LogP contribution is 2.34. The molecule has 31 heavy (non-hydrogen) atoms. The molecule has 3 aromatic rings. The highest BCUT2D eigenvalue weighted by Gasteiger charge is 2.29. The molecule has 0 bridgehead atoms. The van der Waals surface area contributed by atoms with Crippen LogP contribution in [0.25, 0.3) is 5.69 Å². The van der Waals surface area contributed by atoms with Gasteiger partial charge < -0.3 is 15.0 Å². The van der Waals surface area contributed by atoms with Crippen molar-refractivity contribution in [2.75, 3.05) is 13.1 Å². The molecule has 7 heteroatoms. The largest absolute Gasteiger partial charge is 0.439 e. The second-order valence-electron chi connectivity index (χ2n) is 7.84. The van der Waals surface area contributed by atoms with Gasteiger partial charge in [-0.25, -0.2) is 9.48 Å². The Labute approximate surface area is 187 Å². The lowest BCUT2D eigenvalue weighted by molar-refractivity contribution is 0.192. The number of carbonyl (C=O) groups excluding carboxylic acids is 1. The van der Waals surface area contributed by atoms with Gasteiger partial charge in [-0.15, -0.1) is 0 Å². The maximum absolute atomic E-state index is 12.7. The van der Waals surface area contributed by atoms with Crippen LogP contribution in [-0.2, 0) is 6.54 Å². The zero-order valence-electron chi connectivity index (χ0n) is 17.8. The molecule has 4 rings (SSSR count). The first-order chi connectivity index (χ1) is 15.0. The fourth-order valence-electron chi connectivity index (χ4n) is 3.49. The minimum Gasteiger partial charge on any atom is -0.439 e. The Morgan fingerprint density at radius 1 is 1.23 bits per heavy atom. The van der Waals surface area contributed by atoms with Crippen molar-refractivity contribution in [1.29, 1.82) is 0 Å². The lowest BCUT2D eigenvalue weighted by Gasteiger charge is -2.23. The summed E-state index contributed by atoms with van der Waals surface area (Å²) in [7, 11) is 0. The van der Waals surface area contributed by atoms with Gasteiger partial charge in [0, 0.05) is 18.1 Å². The molecule has 1 N–H and O–H groups in total. The zero-order chi connectivity index (χ0) is 21.8. The van der Waals surface area contributed by atoms with Gasteiger partial charge in [-0.2, -0.15) is 5.10 Å². The summed E-state index contributed by atoms with van der Waals surface area (Å²) in [6.07, 6.45) is 2.34. The van der Waals surface area contributed by atoms with Crippen LogP contribution < -0.4 is 10.1 Å². The summed E-state index contributed by atoms with van der Waals surface area (Å²) < 4.78 is 8.08. The topological polar surface area (TPSA) is 59.4 Å². The molecule has 1 aromatic heterocycles. The number of rotatable bonds is 8. The van der Waals surface area contributed by atoms with E-state index in [9.17, 15) is 4.79 Å². The Balaban J connectivity index is 1.74. The third-order valence-corrected chi connectivity index (χ3v) is 5.52. The van der Waals surface area contributed by atoms with E-state index in [1.54, 1.807) is 4.68 Å². The summed E-state index contributed by atoms with van der Waals surface area (Å²) in [5, 5.41) is 8.30. The van der Waals surface area contributed by atoms with Crippen molar-refractivity contribution < 1.29 is 9.53 Å². The molecule has 2 amide bonds. The van der Waals surface area contributed by atoms with Gasteiger partial charge in [-0.1, -0.05) is 35.9 Å². The van der Waals surface area contributed by atoms with Crippen LogP contribution in [0.5, 0.6) is 11.6 Å². The van der Waals surface area contributed by atoms with Gasteiger partial charge in [0.2, 0.25) is 5.88 Å². The number of urea groups is 1. The van der Waals surface area contributed by atoms with Crippen molar-refractivity contribution in [3.63, 3.8) is 0 Å². The van der Waals surface area contributed by atoms with Crippen LogP contribution in [0.1, 0.15) is 31.0 Å². The number of ether oxygens (including phenoxy) is 1. The van der Waals surface area contributed by atoms with Crippen molar-refractivity contribution in [2.45, 2.75) is 33.2 Å². The van der Waals surface area contributed by atoms with Crippen molar-refractivity contribution in [2.24, 2.45) is 5.92 Å². The number of aryl methyl sites for hydroxylation is 1. The summed E-state index contributed by atoms with van der Waals surface area (Å²) in [5.74, 6) is 1.87. The van der Waals surface area contributed by atoms with Gasteiger partial charge in [-0.05, 0) is 62.9 Å². The van der Waals surface area contributed by atoms with Gasteiger partial charge in [0.15, 0.2) is 0 Å². The number of hydrogen-bond acceptors (Lipinski definition) is 3. The molecule has 0 saturated heterocycles. The van der Waals surface area contributed by atoms with Gasteiger partial charge in [0.25, 0.3) is 0 Å². The summed E-state index contributed by atoms with van der Waals surface area (Å²) in [5.41, 5.74) is 2.51. The number of nitrogens with one attached hydrogen (secondary N) is 1. The van der Waals surface area contributed by atoms with Gasteiger partial charge >= 0.3 is 6.03 Å². The monoisotopic (exact) mass is 438 g/mol. The number of amides is 2. The number of hydrogen-bond donors (Lipinski definition) is 1. The smallest absolute Gasteiger partial charge is 0.317 e. The van der Waals surface area contributed by atoms with E-state index in [1.165, 1.54) is 12.8 Å². The number of halogens is 1. The molecule has 1 heterocycles. The van der Waals surface area contributed by atoms with E-state index in [1.807, 2.05) is 73.3 Å². The molecule has 1 fully saturated rings. The van der Waals surface area contributed by atoms with E-state index in [-0.39, 0.29) is 6.03 Å². The minimum absolute atomic E-state index is 0.0602. The molecule has 0 spiro atoms. The first-order valence-corrected chi connectivity index (χ1v) is 11.0. The van der Waals surface area contributed by atoms with E-state index >= 15 is 0 Å². The summed E-state index contributed by atoms with van der Waals surface area (Å²) >= 11 is 6.24. The van der Waals surface area contributed by atoms with Gasteiger partial charge in [-0.3, -0.25) is 0 Å². The second kappa shape index (κ2) is 9.43. The van der Waals surface area contributed by atoms with Crippen LogP contribution in [0, 0.1) is 12.8 Å². The number of benzene rings is 2. The van der Waals surface area contributed by atoms with Gasteiger partial charge in [0.05, 0.1) is 23.5 Å². The summed E-state index contributed by atoms with van der Waals surface area (Å²) in [6, 6.07) is 17.0. The molecule has 1 saturated carbocycles. The summed E-state index contributed by atoms with van der Waals surface area (Å²) in [4.78, 5) is 14.6. The Hall–Kier alpha value is -2.99. The number of aromatic nitrogens is 2. The maximum atomic E-state index is 12.7. The van der Waals surface area contributed by atoms with E-state index in [4.69, 9.17) is 21.4 Å². The highest BCUT2D eigenvalue weighted by molar-refractivity contribution is 6.30. The van der Waals surface area contributed by atoms with Gasteiger partial charge in [0.1, 0.15) is 5.75 Å². The molecular formula is C24H27ClN4O2. The molecule has 0 unspecified atom stereocenters. The fourth-order valence-corrected chi connectivity index (χ4v) is 3.68. The second-order valence-corrected chi connectivity index (χ2v) is 8.27. The Bertz CT molecular complexity index is 1050. The molecule has 1 aliphatic rings. The lowest BCUT2D eigenvalue weighted by Crippen LogP contribution is -2.40. The van der Waals surface area contributed by atoms with Crippen LogP contribution in [0.2, 0.25) is 5.02 Å². The molecule has 1 aliphatic carbocycles. The maximum Gasteiger partial charge on any atom is 0.317 e. The fraction of sp³-hybridized carbons (Fsp3) is 0.333. The molecule has 2 aromatic carbocycles. The van der Waals surface area contributed by atoms with Crippen LogP contribution in [0.3, 0.4) is 0 Å². The van der Waals surface area contributed by atoms with E-state index in [0.717, 1.165) is 23.5 Å². The van der Waals surface area contributed by atoms with Crippen molar-refractivity contribution in [3.8, 4) is 17.3 Å². The molecule has 0 aliphatic heterocycles. The molecular weight excluding hydrogens is 412 g/mol. The van der Waals surface area contributed by atoms with E-state index < -0.39 is 0 Å². The third-order valence-electron chi connectivity index (χ3n) is 5.29. The predicted molar refractivity (Wildman–Crippen MR) is 122 cm³/mol.